The molecule has 16 heavy (non-hydrogen) atoms. The lowest BCUT2D eigenvalue weighted by molar-refractivity contribution is -0.150. The molecular weight excluding hydrogens is 206 g/mol. The molecule has 1 atom stereocenters. The fourth-order valence-electron chi connectivity index (χ4n) is 1.02. The first-order chi connectivity index (χ1) is 7.62. The van der Waals surface area contributed by atoms with Crippen molar-refractivity contribution in [2.45, 2.75) is 12.5 Å². The molecule has 0 aromatic heterocycles. The molecule has 0 aliphatic heterocycles. The maximum Gasteiger partial charge on any atom is 0.370 e. The molecule has 0 radical (unpaired) electrons. The number of benzene rings is 1. The van der Waals surface area contributed by atoms with Crippen LogP contribution in [0.2, 0.25) is 0 Å². The van der Waals surface area contributed by atoms with E-state index in [0.29, 0.717) is 5.75 Å². The molecule has 0 saturated heterocycles. The van der Waals surface area contributed by atoms with Crippen LogP contribution in [0.5, 0.6) is 5.75 Å². The van der Waals surface area contributed by atoms with Crippen LogP contribution in [-0.4, -0.2) is 11.6 Å². The number of para-hydroxylation sites is 1. The number of hydrogen-bond donors (Lipinski definition) is 0. The first-order valence-electron chi connectivity index (χ1n) is 4.59. The van der Waals surface area contributed by atoms with E-state index in [1.807, 2.05) is 0 Å². The Morgan fingerprint density at radius 2 is 2.12 bits per heavy atom. The molecule has 1 aromatic rings. The van der Waals surface area contributed by atoms with Crippen molar-refractivity contribution in [1.29, 1.82) is 5.26 Å². The van der Waals surface area contributed by atoms with Crippen LogP contribution in [0.4, 0.5) is 0 Å². The van der Waals surface area contributed by atoms with Gasteiger partial charge in [-0.25, -0.2) is 4.79 Å². The number of carbonyl (C=O) groups is 1. The lowest BCUT2D eigenvalue weighted by Crippen LogP contribution is -2.40. The summed E-state index contributed by atoms with van der Waals surface area (Å²) in [6.07, 6.45) is 0.965. The van der Waals surface area contributed by atoms with Gasteiger partial charge < -0.3 is 9.47 Å². The Kier molecular flexibility index (Phi) is 3.67. The number of rotatable bonds is 4. The van der Waals surface area contributed by atoms with Gasteiger partial charge in [0.25, 0.3) is 5.60 Å². The van der Waals surface area contributed by atoms with E-state index in [-0.39, 0.29) is 0 Å². The molecule has 0 N–H and O–H groups in total. The van der Waals surface area contributed by atoms with Gasteiger partial charge in [0.15, 0.2) is 0 Å². The van der Waals surface area contributed by atoms with Crippen molar-refractivity contribution in [2.75, 3.05) is 0 Å². The van der Waals surface area contributed by atoms with E-state index in [1.54, 1.807) is 36.4 Å². The second-order valence-electron chi connectivity index (χ2n) is 3.13. The van der Waals surface area contributed by atoms with Crippen LogP contribution in [0.1, 0.15) is 6.92 Å². The van der Waals surface area contributed by atoms with Crippen molar-refractivity contribution in [3.63, 3.8) is 0 Å². The minimum atomic E-state index is -1.67. The zero-order valence-electron chi connectivity index (χ0n) is 8.84. The van der Waals surface area contributed by atoms with Gasteiger partial charge in [0, 0.05) is 6.92 Å². The van der Waals surface area contributed by atoms with Crippen molar-refractivity contribution in [3.8, 4) is 11.8 Å². The Hall–Kier alpha value is -2.28. The average Bonchev–Trinajstić information content (AvgIpc) is 2.30. The highest BCUT2D eigenvalue weighted by atomic mass is 16.6. The zero-order valence-corrected chi connectivity index (χ0v) is 8.84. The summed E-state index contributed by atoms with van der Waals surface area (Å²) in [5.41, 5.74) is -1.67. The largest absolute Gasteiger partial charge is 0.461 e. The van der Waals surface area contributed by atoms with Crippen LogP contribution in [0.25, 0.3) is 0 Å². The SMILES string of the molecule is C=COC(=O)C(C)(C#N)Oc1ccccc1. The van der Waals surface area contributed by atoms with E-state index in [4.69, 9.17) is 10.00 Å². The van der Waals surface area contributed by atoms with Crippen LogP contribution in [0, 0.1) is 11.3 Å². The molecule has 0 aliphatic carbocycles. The number of nitriles is 1. The Bertz CT molecular complexity index is 422. The molecule has 0 aliphatic rings. The van der Waals surface area contributed by atoms with Gasteiger partial charge in [-0.1, -0.05) is 24.8 Å². The summed E-state index contributed by atoms with van der Waals surface area (Å²) in [5, 5.41) is 8.93. The van der Waals surface area contributed by atoms with E-state index in [9.17, 15) is 4.79 Å². The van der Waals surface area contributed by atoms with Crippen molar-refractivity contribution in [2.24, 2.45) is 0 Å². The molecule has 0 heterocycles. The fraction of sp³-hybridized carbons (Fsp3) is 0.167. The van der Waals surface area contributed by atoms with E-state index >= 15 is 0 Å². The Morgan fingerprint density at radius 1 is 1.50 bits per heavy atom. The molecule has 0 amide bonds. The summed E-state index contributed by atoms with van der Waals surface area (Å²) in [6, 6.07) is 10.4. The predicted molar refractivity (Wildman–Crippen MR) is 57.4 cm³/mol. The normalized spacial score (nSPS) is 13.0. The summed E-state index contributed by atoms with van der Waals surface area (Å²) in [6.45, 7) is 4.59. The van der Waals surface area contributed by atoms with Crippen LogP contribution in [-0.2, 0) is 9.53 Å². The number of ether oxygens (including phenoxy) is 2. The summed E-state index contributed by atoms with van der Waals surface area (Å²) in [4.78, 5) is 11.5. The van der Waals surface area contributed by atoms with Gasteiger partial charge in [-0.15, -0.1) is 0 Å². The highest BCUT2D eigenvalue weighted by molar-refractivity contribution is 5.83. The quantitative estimate of drug-likeness (QED) is 0.572. The topological polar surface area (TPSA) is 59.3 Å². The molecule has 0 bridgehead atoms. The van der Waals surface area contributed by atoms with E-state index < -0.39 is 11.6 Å². The molecule has 4 nitrogen and oxygen atoms in total. The maximum absolute atomic E-state index is 11.5. The Balaban J connectivity index is 2.87. The number of nitrogens with zero attached hydrogens (tertiary/aromatic N) is 1. The summed E-state index contributed by atoms with van der Waals surface area (Å²) in [5.74, 6) is -0.374. The highest BCUT2D eigenvalue weighted by Gasteiger charge is 2.37. The lowest BCUT2D eigenvalue weighted by Gasteiger charge is -2.20. The number of carbonyl (C=O) groups excluding carboxylic acids is 1. The highest BCUT2D eigenvalue weighted by Crippen LogP contribution is 2.18. The summed E-state index contributed by atoms with van der Waals surface area (Å²) >= 11 is 0. The van der Waals surface area contributed by atoms with E-state index in [1.165, 1.54) is 6.92 Å². The molecule has 0 fully saturated rings. The molecule has 82 valence electrons. The second-order valence-corrected chi connectivity index (χ2v) is 3.13. The van der Waals surface area contributed by atoms with Crippen molar-refractivity contribution >= 4 is 5.97 Å². The van der Waals surface area contributed by atoms with Gasteiger partial charge in [0.2, 0.25) is 0 Å². The third-order valence-corrected chi connectivity index (χ3v) is 1.86. The van der Waals surface area contributed by atoms with Crippen LogP contribution in [0.3, 0.4) is 0 Å². The predicted octanol–water partition coefficient (Wildman–Crippen LogP) is 2.03. The minimum Gasteiger partial charge on any atom is -0.461 e. The molecular formula is C12H11NO3. The fourth-order valence-corrected chi connectivity index (χ4v) is 1.02. The third kappa shape index (κ3) is 2.61. The first-order valence-corrected chi connectivity index (χ1v) is 4.59. The third-order valence-electron chi connectivity index (χ3n) is 1.86. The zero-order chi connectivity index (χ0) is 12.0. The molecule has 4 heteroatoms. The summed E-state index contributed by atoms with van der Waals surface area (Å²) < 4.78 is 9.83. The first kappa shape index (κ1) is 11.8. The van der Waals surface area contributed by atoms with Crippen LogP contribution >= 0.6 is 0 Å². The maximum atomic E-state index is 11.5. The molecule has 0 spiro atoms. The average molecular weight is 217 g/mol. The molecule has 1 unspecified atom stereocenters. The van der Waals surface area contributed by atoms with E-state index in [0.717, 1.165) is 6.26 Å². The standard InChI is InChI=1S/C12H11NO3/c1-3-15-11(14)12(2,9-13)16-10-7-5-4-6-8-10/h3-8H,1H2,2H3. The Labute approximate surface area is 93.7 Å². The number of esters is 1. The van der Waals surface area contributed by atoms with Crippen LogP contribution < -0.4 is 4.74 Å². The van der Waals surface area contributed by atoms with Gasteiger partial charge in [-0.2, -0.15) is 5.26 Å². The smallest absolute Gasteiger partial charge is 0.370 e. The van der Waals surface area contributed by atoms with E-state index in [2.05, 4.69) is 11.3 Å². The lowest BCUT2D eigenvalue weighted by atomic mass is 10.1. The number of hydrogen-bond acceptors (Lipinski definition) is 4. The van der Waals surface area contributed by atoms with Crippen molar-refractivity contribution < 1.29 is 14.3 Å². The molecule has 0 saturated carbocycles. The van der Waals surface area contributed by atoms with Crippen molar-refractivity contribution in [1.82, 2.24) is 0 Å². The Morgan fingerprint density at radius 3 is 2.62 bits per heavy atom. The van der Waals surface area contributed by atoms with Crippen molar-refractivity contribution in [3.05, 3.63) is 43.2 Å². The monoisotopic (exact) mass is 217 g/mol. The van der Waals surface area contributed by atoms with Gasteiger partial charge in [0.1, 0.15) is 11.8 Å². The van der Waals surface area contributed by atoms with Gasteiger partial charge in [0.05, 0.1) is 6.26 Å². The molecule has 1 rings (SSSR count). The van der Waals surface area contributed by atoms with Crippen LogP contribution in [0.15, 0.2) is 43.2 Å². The van der Waals surface area contributed by atoms with Gasteiger partial charge in [-0.05, 0) is 12.1 Å². The van der Waals surface area contributed by atoms with Gasteiger partial charge in [-0.3, -0.25) is 0 Å². The van der Waals surface area contributed by atoms with Gasteiger partial charge >= 0.3 is 5.97 Å². The summed E-state index contributed by atoms with van der Waals surface area (Å²) in [7, 11) is 0. The molecule has 1 aromatic carbocycles. The second kappa shape index (κ2) is 4.99. The minimum absolute atomic E-state index is 0.424.